The van der Waals surface area contributed by atoms with Crippen LogP contribution in [0.5, 0.6) is 0 Å². The molecule has 0 radical (unpaired) electrons. The van der Waals surface area contributed by atoms with Crippen molar-refractivity contribution in [3.63, 3.8) is 0 Å². The number of nitrogens with one attached hydrogen (secondary N) is 1. The van der Waals surface area contributed by atoms with Crippen LogP contribution in [0.4, 0.5) is 16.0 Å². The number of rotatable bonds is 5. The van der Waals surface area contributed by atoms with Gasteiger partial charge in [0, 0.05) is 25.7 Å². The predicted octanol–water partition coefficient (Wildman–Crippen LogP) is 3.65. The molecular formula is C18H22ClFN4O. The van der Waals surface area contributed by atoms with Gasteiger partial charge in [0.15, 0.2) is 0 Å². The van der Waals surface area contributed by atoms with Crippen molar-refractivity contribution >= 4 is 23.2 Å². The van der Waals surface area contributed by atoms with E-state index >= 15 is 0 Å². The first-order valence-electron chi connectivity index (χ1n) is 8.47. The zero-order valence-corrected chi connectivity index (χ0v) is 14.9. The number of benzene rings is 1. The lowest BCUT2D eigenvalue weighted by Gasteiger charge is -2.31. The van der Waals surface area contributed by atoms with Gasteiger partial charge in [-0.05, 0) is 36.5 Å². The highest BCUT2D eigenvalue weighted by molar-refractivity contribution is 6.30. The molecule has 2 atom stereocenters. The Morgan fingerprint density at radius 1 is 1.40 bits per heavy atom. The van der Waals surface area contributed by atoms with Gasteiger partial charge < -0.3 is 15.3 Å². The highest BCUT2D eigenvalue weighted by atomic mass is 35.5. The molecule has 1 fully saturated rings. The molecule has 1 aromatic carbocycles. The van der Waals surface area contributed by atoms with Gasteiger partial charge in [0.1, 0.15) is 23.8 Å². The monoisotopic (exact) mass is 364 g/mol. The summed E-state index contributed by atoms with van der Waals surface area (Å²) in [4.78, 5) is 10.8. The van der Waals surface area contributed by atoms with Gasteiger partial charge in [-0.15, -0.1) is 0 Å². The summed E-state index contributed by atoms with van der Waals surface area (Å²) in [5.41, 5.74) is 0.466. The van der Waals surface area contributed by atoms with E-state index in [-0.39, 0.29) is 11.6 Å². The van der Waals surface area contributed by atoms with Crippen LogP contribution in [-0.4, -0.2) is 34.7 Å². The quantitative estimate of drug-likeness (QED) is 0.848. The first kappa shape index (κ1) is 17.9. The lowest BCUT2D eigenvalue weighted by atomic mass is 10.0. The third-order valence-corrected chi connectivity index (χ3v) is 4.75. The van der Waals surface area contributed by atoms with Crippen LogP contribution in [0.15, 0.2) is 30.6 Å². The van der Waals surface area contributed by atoms with Crippen LogP contribution in [0.25, 0.3) is 0 Å². The molecule has 0 saturated carbocycles. The second-order valence-corrected chi connectivity index (χ2v) is 6.93. The minimum Gasteiger partial charge on any atom is -0.387 e. The lowest BCUT2D eigenvalue weighted by molar-refractivity contribution is 0.191. The van der Waals surface area contributed by atoms with Crippen molar-refractivity contribution in [2.45, 2.75) is 25.9 Å². The number of halogens is 2. The topological polar surface area (TPSA) is 61.3 Å². The summed E-state index contributed by atoms with van der Waals surface area (Å²) >= 11 is 5.67. The summed E-state index contributed by atoms with van der Waals surface area (Å²) in [5, 5.41) is 13.4. The van der Waals surface area contributed by atoms with E-state index in [9.17, 15) is 9.50 Å². The van der Waals surface area contributed by atoms with Crippen molar-refractivity contribution < 1.29 is 9.50 Å². The maximum absolute atomic E-state index is 13.5. The lowest BCUT2D eigenvalue weighted by Crippen LogP contribution is -2.34. The Morgan fingerprint density at radius 2 is 2.24 bits per heavy atom. The molecule has 2 N–H and O–H groups in total. The normalized spacial score (nSPS) is 18.9. The molecule has 5 nitrogen and oxygen atoms in total. The molecular weight excluding hydrogens is 343 g/mol. The van der Waals surface area contributed by atoms with Crippen LogP contribution in [0, 0.1) is 11.7 Å². The second-order valence-electron chi connectivity index (χ2n) is 6.53. The molecule has 7 heteroatoms. The largest absolute Gasteiger partial charge is 0.387 e. The predicted molar refractivity (Wildman–Crippen MR) is 97.5 cm³/mol. The molecule has 1 aliphatic rings. The fourth-order valence-corrected chi connectivity index (χ4v) is 3.17. The highest BCUT2D eigenvalue weighted by Gasteiger charge is 2.18. The Hall–Kier alpha value is -1.92. The van der Waals surface area contributed by atoms with Gasteiger partial charge in [0.05, 0.1) is 11.1 Å². The zero-order valence-electron chi connectivity index (χ0n) is 14.1. The van der Waals surface area contributed by atoms with E-state index < -0.39 is 11.9 Å². The third kappa shape index (κ3) is 4.58. The fourth-order valence-electron chi connectivity index (χ4n) is 3.05. The van der Waals surface area contributed by atoms with Crippen LogP contribution >= 0.6 is 11.6 Å². The molecule has 2 aromatic rings. The van der Waals surface area contributed by atoms with Gasteiger partial charge >= 0.3 is 0 Å². The van der Waals surface area contributed by atoms with Crippen LogP contribution < -0.4 is 10.2 Å². The van der Waals surface area contributed by atoms with E-state index in [1.54, 1.807) is 6.07 Å². The van der Waals surface area contributed by atoms with Gasteiger partial charge in [-0.1, -0.05) is 24.6 Å². The summed E-state index contributed by atoms with van der Waals surface area (Å²) in [6.45, 7) is 4.44. The Bertz CT molecular complexity index is 730. The number of nitrogens with zero attached hydrogens (tertiary/aromatic N) is 3. The van der Waals surface area contributed by atoms with Crippen LogP contribution in [-0.2, 0) is 0 Å². The van der Waals surface area contributed by atoms with Crippen LogP contribution in [0.1, 0.15) is 31.4 Å². The average Bonchev–Trinajstić information content (AvgIpc) is 2.62. The van der Waals surface area contributed by atoms with E-state index in [0.717, 1.165) is 25.3 Å². The van der Waals surface area contributed by atoms with E-state index in [1.165, 1.54) is 24.9 Å². The molecule has 1 saturated heterocycles. The number of piperidine rings is 1. The van der Waals surface area contributed by atoms with Crippen molar-refractivity contribution in [2.75, 3.05) is 29.9 Å². The molecule has 134 valence electrons. The smallest absolute Gasteiger partial charge is 0.142 e. The second kappa shape index (κ2) is 7.97. The molecule has 2 unspecified atom stereocenters. The Kier molecular flexibility index (Phi) is 5.71. The van der Waals surface area contributed by atoms with Gasteiger partial charge in [0.25, 0.3) is 0 Å². The summed E-state index contributed by atoms with van der Waals surface area (Å²) in [6, 6.07) is 6.18. The molecule has 0 bridgehead atoms. The molecule has 0 amide bonds. The molecule has 0 spiro atoms. The van der Waals surface area contributed by atoms with Gasteiger partial charge in [-0.3, -0.25) is 0 Å². The number of anilines is 2. The number of hydrogen-bond donors (Lipinski definition) is 2. The molecule has 3 rings (SSSR count). The zero-order chi connectivity index (χ0) is 17.8. The van der Waals surface area contributed by atoms with Crippen molar-refractivity contribution in [1.82, 2.24) is 9.97 Å². The van der Waals surface area contributed by atoms with Crippen molar-refractivity contribution in [1.29, 1.82) is 0 Å². The maximum Gasteiger partial charge on any atom is 0.142 e. The van der Waals surface area contributed by atoms with Crippen molar-refractivity contribution in [2.24, 2.45) is 5.92 Å². The minimum atomic E-state index is -0.861. The summed E-state index contributed by atoms with van der Waals surface area (Å²) in [5.74, 6) is 1.64. The third-order valence-electron chi connectivity index (χ3n) is 4.44. The molecule has 0 aliphatic carbocycles. The molecule has 1 aromatic heterocycles. The van der Waals surface area contributed by atoms with E-state index in [1.807, 2.05) is 6.07 Å². The van der Waals surface area contributed by atoms with Crippen LogP contribution in [0.2, 0.25) is 5.02 Å². The summed E-state index contributed by atoms with van der Waals surface area (Å²) in [6.07, 6.45) is 3.07. The number of aromatic nitrogens is 2. The van der Waals surface area contributed by atoms with E-state index in [0.29, 0.717) is 17.3 Å². The van der Waals surface area contributed by atoms with Gasteiger partial charge in [0.2, 0.25) is 0 Å². The maximum atomic E-state index is 13.5. The Labute approximate surface area is 151 Å². The summed E-state index contributed by atoms with van der Waals surface area (Å²) in [7, 11) is 0. The number of aliphatic hydroxyl groups excluding tert-OH is 1. The van der Waals surface area contributed by atoms with Gasteiger partial charge in [-0.2, -0.15) is 0 Å². The molecule has 1 aliphatic heterocycles. The Morgan fingerprint density at radius 3 is 3.00 bits per heavy atom. The van der Waals surface area contributed by atoms with E-state index in [4.69, 9.17) is 11.6 Å². The van der Waals surface area contributed by atoms with Crippen molar-refractivity contribution in [3.05, 3.63) is 47.0 Å². The Balaban J connectivity index is 1.63. The fraction of sp³-hybridized carbons (Fsp3) is 0.444. The molecule has 25 heavy (non-hydrogen) atoms. The first-order chi connectivity index (χ1) is 12.0. The molecule has 2 heterocycles. The SMILES string of the molecule is CC1CCCN(c2cc(NCC(O)c3ccc(Cl)c(F)c3)ncn2)C1. The summed E-state index contributed by atoms with van der Waals surface area (Å²) < 4.78 is 13.5. The highest BCUT2D eigenvalue weighted by Crippen LogP contribution is 2.23. The average molecular weight is 365 g/mol. The van der Waals surface area contributed by atoms with Crippen LogP contribution in [0.3, 0.4) is 0 Å². The van der Waals surface area contributed by atoms with Gasteiger partial charge in [-0.25, -0.2) is 14.4 Å². The van der Waals surface area contributed by atoms with E-state index in [2.05, 4.69) is 27.1 Å². The minimum absolute atomic E-state index is 0.0418. The standard InChI is InChI=1S/C18H22ClFN4O/c1-12-3-2-6-24(10-12)18-8-17(22-11-23-18)21-9-16(25)13-4-5-14(19)15(20)7-13/h4-5,7-8,11-12,16,25H,2-3,6,9-10H2,1H3,(H,21,22,23). The number of hydrogen-bond acceptors (Lipinski definition) is 5. The number of aliphatic hydroxyl groups is 1. The first-order valence-corrected chi connectivity index (χ1v) is 8.84. The van der Waals surface area contributed by atoms with Crippen molar-refractivity contribution in [3.8, 4) is 0 Å².